The minimum Gasteiger partial charge on any atom is -0.382 e. The van der Waals surface area contributed by atoms with E-state index in [1.54, 1.807) is 7.11 Å². The van der Waals surface area contributed by atoms with E-state index in [0.29, 0.717) is 65.8 Å². The van der Waals surface area contributed by atoms with Gasteiger partial charge in [0.15, 0.2) is 0 Å². The monoisotopic (exact) mass is 362 g/mol. The van der Waals surface area contributed by atoms with E-state index in [1.807, 2.05) is 13.8 Å². The predicted octanol–water partition coefficient (Wildman–Crippen LogP) is 1.20. The molecule has 0 aliphatic carbocycles. The molecule has 0 heterocycles. The number of hydrogen-bond acceptors (Lipinski definition) is 6. The van der Waals surface area contributed by atoms with E-state index in [2.05, 4.69) is 19.2 Å². The second-order valence-corrected chi connectivity index (χ2v) is 7.77. The summed E-state index contributed by atoms with van der Waals surface area (Å²) in [6.07, 6.45) is 0.413. The van der Waals surface area contributed by atoms with Crippen molar-refractivity contribution >= 4 is 5.91 Å². The van der Waals surface area contributed by atoms with Crippen molar-refractivity contribution in [1.82, 2.24) is 5.32 Å². The highest BCUT2D eigenvalue weighted by molar-refractivity contribution is 5.76. The van der Waals surface area contributed by atoms with E-state index in [4.69, 9.17) is 24.7 Å². The van der Waals surface area contributed by atoms with Gasteiger partial charge in [0.2, 0.25) is 5.91 Å². The molecule has 1 amide bonds. The fraction of sp³-hybridized carbons (Fsp3) is 0.944. The molecule has 0 atom stereocenters. The maximum Gasteiger partial charge on any atom is 0.220 e. The molecule has 0 rings (SSSR count). The minimum absolute atomic E-state index is 0.00614. The molecule has 150 valence electrons. The van der Waals surface area contributed by atoms with Gasteiger partial charge in [0.1, 0.15) is 0 Å². The maximum atomic E-state index is 12.0. The molecule has 0 radical (unpaired) electrons. The van der Waals surface area contributed by atoms with Crippen LogP contribution in [0.15, 0.2) is 0 Å². The Kier molecular flexibility index (Phi) is 13.1. The number of amides is 1. The van der Waals surface area contributed by atoms with E-state index in [0.717, 1.165) is 0 Å². The first-order valence-corrected chi connectivity index (χ1v) is 8.91. The number of hydrogen-bond donors (Lipinski definition) is 2. The Bertz CT molecular complexity index is 348. The topological polar surface area (TPSA) is 92.0 Å². The molecule has 0 aromatic heterocycles. The van der Waals surface area contributed by atoms with Crippen LogP contribution in [0, 0.1) is 10.8 Å². The molecule has 3 N–H and O–H groups in total. The van der Waals surface area contributed by atoms with Crippen molar-refractivity contribution in [1.29, 1.82) is 0 Å². The van der Waals surface area contributed by atoms with Gasteiger partial charge in [-0.2, -0.15) is 0 Å². The van der Waals surface area contributed by atoms with Crippen molar-refractivity contribution in [2.24, 2.45) is 16.6 Å². The van der Waals surface area contributed by atoms with Crippen molar-refractivity contribution in [3.05, 3.63) is 0 Å². The maximum absolute atomic E-state index is 12.0. The third kappa shape index (κ3) is 15.3. The Morgan fingerprint density at radius 1 is 0.880 bits per heavy atom. The summed E-state index contributed by atoms with van der Waals surface area (Å²) < 4.78 is 21.3. The third-order valence-corrected chi connectivity index (χ3v) is 3.55. The van der Waals surface area contributed by atoms with E-state index in [-0.39, 0.29) is 16.7 Å². The smallest absolute Gasteiger partial charge is 0.220 e. The number of ether oxygens (including phenoxy) is 4. The minimum atomic E-state index is -0.217. The lowest BCUT2D eigenvalue weighted by Crippen LogP contribution is -2.35. The molecule has 0 aliphatic rings. The number of nitrogens with one attached hydrogen (secondary N) is 1. The molecule has 0 aromatic rings. The van der Waals surface area contributed by atoms with Gasteiger partial charge < -0.3 is 30.0 Å². The van der Waals surface area contributed by atoms with Crippen LogP contribution >= 0.6 is 0 Å². The van der Waals surface area contributed by atoms with Gasteiger partial charge in [-0.15, -0.1) is 0 Å². The highest BCUT2D eigenvalue weighted by atomic mass is 16.5. The fourth-order valence-electron chi connectivity index (χ4n) is 1.94. The number of rotatable bonds is 16. The lowest BCUT2D eigenvalue weighted by atomic mass is 9.89. The molecule has 0 bridgehead atoms. The molecule has 0 spiro atoms. The van der Waals surface area contributed by atoms with Gasteiger partial charge in [-0.25, -0.2) is 0 Å². The van der Waals surface area contributed by atoms with Crippen LogP contribution in [0.1, 0.15) is 34.1 Å². The molecule has 0 aromatic carbocycles. The lowest BCUT2D eigenvalue weighted by Gasteiger charge is -2.28. The molecule has 0 saturated heterocycles. The van der Waals surface area contributed by atoms with Gasteiger partial charge in [-0.3, -0.25) is 4.79 Å². The molecule has 0 fully saturated rings. The van der Waals surface area contributed by atoms with Crippen LogP contribution in [0.2, 0.25) is 0 Å². The van der Waals surface area contributed by atoms with Crippen LogP contribution in [0.5, 0.6) is 0 Å². The second kappa shape index (κ2) is 13.5. The molecule has 7 nitrogen and oxygen atoms in total. The van der Waals surface area contributed by atoms with Crippen molar-refractivity contribution in [2.45, 2.75) is 34.1 Å². The zero-order valence-electron chi connectivity index (χ0n) is 16.7. The highest BCUT2D eigenvalue weighted by Gasteiger charge is 2.24. The lowest BCUT2D eigenvalue weighted by molar-refractivity contribution is -0.124. The van der Waals surface area contributed by atoms with Crippen molar-refractivity contribution in [3.63, 3.8) is 0 Å². The van der Waals surface area contributed by atoms with Crippen molar-refractivity contribution in [3.8, 4) is 0 Å². The first-order chi connectivity index (χ1) is 11.7. The van der Waals surface area contributed by atoms with E-state index < -0.39 is 0 Å². The van der Waals surface area contributed by atoms with Gasteiger partial charge in [-0.05, 0) is 12.0 Å². The predicted molar refractivity (Wildman–Crippen MR) is 98.6 cm³/mol. The van der Waals surface area contributed by atoms with Gasteiger partial charge in [0, 0.05) is 25.5 Å². The first kappa shape index (κ1) is 24.3. The average Bonchev–Trinajstić information content (AvgIpc) is 2.52. The Morgan fingerprint density at radius 2 is 1.44 bits per heavy atom. The Balaban J connectivity index is 3.69. The zero-order valence-corrected chi connectivity index (χ0v) is 16.7. The van der Waals surface area contributed by atoms with Crippen molar-refractivity contribution < 1.29 is 23.7 Å². The Labute approximate surface area is 152 Å². The summed E-state index contributed by atoms with van der Waals surface area (Å²) in [6, 6.07) is 0. The summed E-state index contributed by atoms with van der Waals surface area (Å²) in [7, 11) is 1.64. The summed E-state index contributed by atoms with van der Waals surface area (Å²) >= 11 is 0. The second-order valence-electron chi connectivity index (χ2n) is 7.77. The summed E-state index contributed by atoms with van der Waals surface area (Å²) in [6.45, 7) is 13.0. The van der Waals surface area contributed by atoms with Crippen LogP contribution in [-0.2, 0) is 23.7 Å². The van der Waals surface area contributed by atoms with Gasteiger partial charge in [0.05, 0.1) is 46.2 Å². The van der Waals surface area contributed by atoms with E-state index in [1.165, 1.54) is 0 Å². The molecule has 0 aliphatic heterocycles. The summed E-state index contributed by atoms with van der Waals surface area (Å²) in [4.78, 5) is 12.0. The standard InChI is InChI=1S/C18H38N2O5/c1-17(2,14-25-15-18(3,4)13-19)12-16(21)20-6-7-23-10-11-24-9-8-22-5/h6-15,19H2,1-5H3,(H,20,21). The van der Waals surface area contributed by atoms with Gasteiger partial charge >= 0.3 is 0 Å². The molecular formula is C18H38N2O5. The number of nitrogens with two attached hydrogens (primary N) is 1. The molecule has 7 heteroatoms. The van der Waals surface area contributed by atoms with Gasteiger partial charge in [-0.1, -0.05) is 27.7 Å². The Hall–Kier alpha value is -0.730. The first-order valence-electron chi connectivity index (χ1n) is 8.91. The molecule has 0 saturated carbocycles. The van der Waals surface area contributed by atoms with Gasteiger partial charge in [0.25, 0.3) is 0 Å². The zero-order chi connectivity index (χ0) is 19.2. The SMILES string of the molecule is COCCOCCOCCNC(=O)CC(C)(C)COCC(C)(C)CN. The van der Waals surface area contributed by atoms with E-state index >= 15 is 0 Å². The fourth-order valence-corrected chi connectivity index (χ4v) is 1.94. The summed E-state index contributed by atoms with van der Waals surface area (Å²) in [5.74, 6) is 0.00614. The highest BCUT2D eigenvalue weighted by Crippen LogP contribution is 2.22. The molecule has 25 heavy (non-hydrogen) atoms. The normalized spacial score (nSPS) is 12.4. The number of methoxy groups -OCH3 is 1. The summed E-state index contributed by atoms with van der Waals surface area (Å²) in [5, 5.41) is 2.87. The van der Waals surface area contributed by atoms with Crippen LogP contribution < -0.4 is 11.1 Å². The summed E-state index contributed by atoms with van der Waals surface area (Å²) in [5.41, 5.74) is 5.43. The van der Waals surface area contributed by atoms with Crippen LogP contribution in [0.3, 0.4) is 0 Å². The number of carbonyl (C=O) groups excluding carboxylic acids is 1. The van der Waals surface area contributed by atoms with Crippen LogP contribution in [0.25, 0.3) is 0 Å². The van der Waals surface area contributed by atoms with E-state index in [9.17, 15) is 4.79 Å². The van der Waals surface area contributed by atoms with Crippen LogP contribution in [-0.4, -0.2) is 72.4 Å². The molecular weight excluding hydrogens is 324 g/mol. The Morgan fingerprint density at radius 3 is 2.04 bits per heavy atom. The third-order valence-electron chi connectivity index (χ3n) is 3.55. The largest absolute Gasteiger partial charge is 0.382 e. The molecule has 0 unspecified atom stereocenters. The average molecular weight is 363 g/mol. The number of carbonyl (C=O) groups is 1. The van der Waals surface area contributed by atoms with Crippen LogP contribution in [0.4, 0.5) is 0 Å². The van der Waals surface area contributed by atoms with Crippen molar-refractivity contribution in [2.75, 3.05) is 66.4 Å². The quantitative estimate of drug-likeness (QED) is 0.401.